The van der Waals surface area contributed by atoms with Gasteiger partial charge in [0.1, 0.15) is 6.10 Å². The Labute approximate surface area is 172 Å². The second-order valence-electron chi connectivity index (χ2n) is 9.59. The second kappa shape index (κ2) is 7.71. The van der Waals surface area contributed by atoms with Gasteiger partial charge in [0, 0.05) is 16.9 Å². The number of Topliss-reactive ketones (excluding diaryl/α,β-unsaturated/α-hetero) is 2. The molecule has 0 aliphatic heterocycles. The molecular weight excluding hydrogens is 372 g/mol. The van der Waals surface area contributed by atoms with Crippen LogP contribution >= 0.6 is 0 Å². The number of allylic oxidation sites excluding steroid dienone is 4. The highest BCUT2D eigenvalue weighted by atomic mass is 16.6. The Bertz CT molecular complexity index is 776. The van der Waals surface area contributed by atoms with E-state index in [-0.39, 0.29) is 5.92 Å². The number of esters is 1. The molecule has 0 aromatic rings. The summed E-state index contributed by atoms with van der Waals surface area (Å²) in [5, 5.41) is 20.5. The van der Waals surface area contributed by atoms with E-state index in [1.54, 1.807) is 13.0 Å². The van der Waals surface area contributed by atoms with Crippen LogP contribution in [-0.2, 0) is 19.1 Å². The zero-order valence-electron chi connectivity index (χ0n) is 17.7. The molecule has 0 radical (unpaired) electrons. The van der Waals surface area contributed by atoms with Crippen LogP contribution in [0.4, 0.5) is 0 Å². The number of ether oxygens (including phenoxy) is 1. The van der Waals surface area contributed by atoms with Crippen molar-refractivity contribution < 1.29 is 29.3 Å². The standard InChI is InChI=1S/C23H32O6/c1-5-6-7-8-9-15(24)21(28)29-20-16-13(12-22(20,2)3)10-11-14-17(25)18(26)19(27)23(14,16)4/h10-11,13,15-16,20,24-25H,5-9,12H2,1-4H3/t13-,15-,16-,20+,23+/m0/s1. The molecule has 1 fully saturated rings. The van der Waals surface area contributed by atoms with E-state index in [1.807, 2.05) is 19.9 Å². The largest absolute Gasteiger partial charge is 0.504 e. The zero-order chi connectivity index (χ0) is 21.6. The number of unbranched alkanes of at least 4 members (excludes halogenated alkanes) is 3. The Morgan fingerprint density at radius 1 is 1.24 bits per heavy atom. The monoisotopic (exact) mass is 404 g/mol. The minimum absolute atomic E-state index is 0.0547. The van der Waals surface area contributed by atoms with E-state index in [0.29, 0.717) is 18.4 Å². The van der Waals surface area contributed by atoms with E-state index >= 15 is 0 Å². The van der Waals surface area contributed by atoms with Gasteiger partial charge in [-0.3, -0.25) is 9.59 Å². The first kappa shape index (κ1) is 21.8. The Balaban J connectivity index is 1.83. The van der Waals surface area contributed by atoms with Crippen LogP contribution in [-0.4, -0.2) is 40.0 Å². The fourth-order valence-corrected chi connectivity index (χ4v) is 5.44. The molecule has 3 rings (SSSR count). The molecule has 0 amide bonds. The number of aliphatic hydroxyl groups excluding tert-OH is 2. The van der Waals surface area contributed by atoms with Gasteiger partial charge in [-0.05, 0) is 25.7 Å². The lowest BCUT2D eigenvalue weighted by atomic mass is 9.63. The first-order chi connectivity index (χ1) is 13.6. The number of carbonyl (C=O) groups excluding carboxylic acids is 3. The summed E-state index contributed by atoms with van der Waals surface area (Å²) >= 11 is 0. The molecular formula is C23H32O6. The zero-order valence-corrected chi connectivity index (χ0v) is 17.7. The van der Waals surface area contributed by atoms with Gasteiger partial charge in [-0.1, -0.05) is 58.6 Å². The fourth-order valence-electron chi connectivity index (χ4n) is 5.44. The molecule has 0 spiro atoms. The quantitative estimate of drug-likeness (QED) is 0.383. The molecule has 3 aliphatic carbocycles. The highest BCUT2D eigenvalue weighted by Gasteiger charge is 2.65. The smallest absolute Gasteiger partial charge is 0.335 e. The first-order valence-electron chi connectivity index (χ1n) is 10.6. The van der Waals surface area contributed by atoms with Crippen molar-refractivity contribution in [1.82, 2.24) is 0 Å². The SMILES string of the molecule is CCCCCC[C@H](O)C(=O)O[C@@H]1[C@@H]2[C@@H](C=CC3=C(O)C(=O)C(=O)[C@]32C)CC1(C)C. The molecule has 0 aromatic heterocycles. The summed E-state index contributed by atoms with van der Waals surface area (Å²) in [5.41, 5.74) is -1.34. The highest BCUT2D eigenvalue weighted by molar-refractivity contribution is 6.48. The third-order valence-electron chi connectivity index (χ3n) is 7.05. The van der Waals surface area contributed by atoms with E-state index in [4.69, 9.17) is 4.74 Å². The molecule has 3 aliphatic rings. The highest BCUT2D eigenvalue weighted by Crippen LogP contribution is 2.61. The van der Waals surface area contributed by atoms with Crippen molar-refractivity contribution in [3.05, 3.63) is 23.5 Å². The Morgan fingerprint density at radius 3 is 2.59 bits per heavy atom. The Morgan fingerprint density at radius 2 is 1.93 bits per heavy atom. The van der Waals surface area contributed by atoms with Crippen LogP contribution < -0.4 is 0 Å². The summed E-state index contributed by atoms with van der Waals surface area (Å²) in [6.45, 7) is 7.70. The van der Waals surface area contributed by atoms with Gasteiger partial charge in [-0.25, -0.2) is 4.79 Å². The van der Waals surface area contributed by atoms with E-state index < -0.39 is 52.3 Å². The minimum atomic E-state index is -1.22. The van der Waals surface area contributed by atoms with Crippen LogP contribution in [0.15, 0.2) is 23.5 Å². The van der Waals surface area contributed by atoms with Crippen molar-refractivity contribution >= 4 is 17.5 Å². The van der Waals surface area contributed by atoms with E-state index in [0.717, 1.165) is 25.7 Å². The molecule has 0 heterocycles. The van der Waals surface area contributed by atoms with Crippen LogP contribution in [0.3, 0.4) is 0 Å². The predicted octanol–water partition coefficient (Wildman–Crippen LogP) is 3.43. The molecule has 160 valence electrons. The number of rotatable bonds is 7. The van der Waals surface area contributed by atoms with Gasteiger partial charge < -0.3 is 14.9 Å². The molecule has 29 heavy (non-hydrogen) atoms. The lowest BCUT2D eigenvalue weighted by Gasteiger charge is -2.41. The van der Waals surface area contributed by atoms with Gasteiger partial charge in [0.25, 0.3) is 5.78 Å². The average molecular weight is 405 g/mol. The summed E-state index contributed by atoms with van der Waals surface area (Å²) in [6.07, 6.45) is 6.59. The van der Waals surface area contributed by atoms with Crippen molar-refractivity contribution in [3.8, 4) is 0 Å². The van der Waals surface area contributed by atoms with E-state index in [2.05, 4.69) is 6.92 Å². The van der Waals surface area contributed by atoms with Gasteiger partial charge in [-0.2, -0.15) is 0 Å². The summed E-state index contributed by atoms with van der Waals surface area (Å²) < 4.78 is 5.82. The lowest BCUT2D eigenvalue weighted by molar-refractivity contribution is -0.170. The third kappa shape index (κ3) is 3.45. The van der Waals surface area contributed by atoms with Crippen LogP contribution in [0.25, 0.3) is 0 Å². The molecule has 0 aromatic carbocycles. The molecule has 1 saturated carbocycles. The van der Waals surface area contributed by atoms with E-state index in [9.17, 15) is 24.6 Å². The summed E-state index contributed by atoms with van der Waals surface area (Å²) in [6, 6.07) is 0. The van der Waals surface area contributed by atoms with Crippen LogP contribution in [0.1, 0.15) is 66.2 Å². The summed E-state index contributed by atoms with van der Waals surface area (Å²) in [7, 11) is 0. The van der Waals surface area contributed by atoms with Crippen molar-refractivity contribution in [2.75, 3.05) is 0 Å². The number of aliphatic hydroxyl groups is 2. The maximum Gasteiger partial charge on any atom is 0.335 e. The van der Waals surface area contributed by atoms with E-state index in [1.165, 1.54) is 0 Å². The maximum atomic E-state index is 12.8. The van der Waals surface area contributed by atoms with Gasteiger partial charge in [0.05, 0.1) is 5.41 Å². The van der Waals surface area contributed by atoms with Crippen LogP contribution in [0, 0.1) is 22.7 Å². The number of carbonyl (C=O) groups is 3. The topological polar surface area (TPSA) is 101 Å². The van der Waals surface area contributed by atoms with Gasteiger partial charge >= 0.3 is 5.97 Å². The summed E-state index contributed by atoms with van der Waals surface area (Å²) in [5.74, 6) is -3.21. The lowest BCUT2D eigenvalue weighted by Crippen LogP contribution is -2.48. The number of hydrogen-bond donors (Lipinski definition) is 2. The average Bonchev–Trinajstić information content (AvgIpc) is 3.02. The first-order valence-corrected chi connectivity index (χ1v) is 10.6. The number of fused-ring (bicyclic) bond motifs is 3. The maximum absolute atomic E-state index is 12.8. The molecule has 5 atom stereocenters. The Hall–Kier alpha value is -1.95. The van der Waals surface area contributed by atoms with Crippen molar-refractivity contribution in [2.24, 2.45) is 22.7 Å². The van der Waals surface area contributed by atoms with Gasteiger partial charge in [-0.15, -0.1) is 0 Å². The molecule has 0 saturated heterocycles. The van der Waals surface area contributed by atoms with Crippen molar-refractivity contribution in [2.45, 2.75) is 78.4 Å². The second-order valence-corrected chi connectivity index (χ2v) is 9.59. The number of ketones is 2. The summed E-state index contributed by atoms with van der Waals surface area (Å²) in [4.78, 5) is 37.6. The fraction of sp³-hybridized carbons (Fsp3) is 0.696. The van der Waals surface area contributed by atoms with Gasteiger partial charge in [0.2, 0.25) is 5.78 Å². The minimum Gasteiger partial charge on any atom is -0.504 e. The molecule has 6 heteroatoms. The van der Waals surface area contributed by atoms with Crippen LogP contribution in [0.5, 0.6) is 0 Å². The molecule has 2 N–H and O–H groups in total. The van der Waals surface area contributed by atoms with Crippen molar-refractivity contribution in [1.29, 1.82) is 0 Å². The normalized spacial score (nSPS) is 33.6. The molecule has 6 nitrogen and oxygen atoms in total. The molecule has 0 bridgehead atoms. The van der Waals surface area contributed by atoms with Gasteiger partial charge in [0.15, 0.2) is 11.9 Å². The van der Waals surface area contributed by atoms with Crippen molar-refractivity contribution in [3.63, 3.8) is 0 Å². The van der Waals surface area contributed by atoms with Crippen LogP contribution in [0.2, 0.25) is 0 Å². The Kier molecular flexibility index (Phi) is 5.78. The number of hydrogen-bond acceptors (Lipinski definition) is 6. The third-order valence-corrected chi connectivity index (χ3v) is 7.05. The predicted molar refractivity (Wildman–Crippen MR) is 107 cm³/mol. The molecule has 0 unspecified atom stereocenters.